The van der Waals surface area contributed by atoms with E-state index in [1.807, 2.05) is 0 Å². The van der Waals surface area contributed by atoms with E-state index in [0.29, 0.717) is 5.92 Å². The lowest BCUT2D eigenvalue weighted by Gasteiger charge is -2.46. The van der Waals surface area contributed by atoms with E-state index in [4.69, 9.17) is 11.1 Å². The minimum Gasteiger partial charge on any atom is -0.370 e. The van der Waals surface area contributed by atoms with Gasteiger partial charge in [0.05, 0.1) is 0 Å². The van der Waals surface area contributed by atoms with Crippen LogP contribution in [0.2, 0.25) is 0 Å². The predicted octanol–water partition coefficient (Wildman–Crippen LogP) is 3.10. The molecule has 3 nitrogen and oxygen atoms in total. The number of unbranched alkanes of at least 4 members (excludes halogenated alkanes) is 1. The number of nitrogens with two attached hydrogens (primary N) is 1. The summed E-state index contributed by atoms with van der Waals surface area (Å²) < 4.78 is 0. The van der Waals surface area contributed by atoms with Crippen molar-refractivity contribution >= 4 is 5.96 Å². The van der Waals surface area contributed by atoms with Crippen LogP contribution in [0.15, 0.2) is 0 Å². The summed E-state index contributed by atoms with van der Waals surface area (Å²) in [5.41, 5.74) is 5.39. The Bertz CT molecular complexity index is 231. The van der Waals surface area contributed by atoms with Crippen LogP contribution >= 0.6 is 0 Å². The molecule has 0 spiro atoms. The molecule has 0 heterocycles. The van der Waals surface area contributed by atoms with Gasteiger partial charge in [-0.3, -0.25) is 5.41 Å². The van der Waals surface area contributed by atoms with Gasteiger partial charge in [0.1, 0.15) is 0 Å². The van der Waals surface area contributed by atoms with Crippen molar-refractivity contribution in [1.82, 2.24) is 5.32 Å². The Kier molecular flexibility index (Phi) is 5.30. The molecule has 0 aromatic carbocycles. The zero-order chi connectivity index (χ0) is 13.0. The highest BCUT2D eigenvalue weighted by molar-refractivity contribution is 5.75. The summed E-state index contributed by atoms with van der Waals surface area (Å²) >= 11 is 0. The van der Waals surface area contributed by atoms with Crippen molar-refractivity contribution in [2.75, 3.05) is 0 Å². The maximum atomic E-state index is 7.38. The molecule has 4 N–H and O–H groups in total. The molecule has 96 valence electrons. The van der Waals surface area contributed by atoms with E-state index in [2.05, 4.69) is 46.9 Å². The van der Waals surface area contributed by atoms with E-state index in [1.54, 1.807) is 0 Å². The van der Waals surface area contributed by atoms with Gasteiger partial charge >= 0.3 is 0 Å². The van der Waals surface area contributed by atoms with E-state index in [9.17, 15) is 0 Å². The topological polar surface area (TPSA) is 61.9 Å². The average Bonchev–Trinajstić information content (AvgIpc) is 2.11. The summed E-state index contributed by atoms with van der Waals surface area (Å²) in [5, 5.41) is 10.5. The Balaban J connectivity index is 4.66. The fourth-order valence-electron chi connectivity index (χ4n) is 1.98. The molecule has 0 saturated heterocycles. The van der Waals surface area contributed by atoms with Gasteiger partial charge in [0.25, 0.3) is 0 Å². The Hall–Kier alpha value is -0.730. The number of rotatable bonds is 6. The van der Waals surface area contributed by atoms with Crippen molar-refractivity contribution in [1.29, 1.82) is 5.41 Å². The monoisotopic (exact) mass is 227 g/mol. The van der Waals surface area contributed by atoms with Crippen LogP contribution in [0.1, 0.15) is 60.8 Å². The van der Waals surface area contributed by atoms with E-state index < -0.39 is 0 Å². The van der Waals surface area contributed by atoms with Crippen LogP contribution in [0.25, 0.3) is 0 Å². The third-order valence-corrected chi connectivity index (χ3v) is 4.28. The van der Waals surface area contributed by atoms with Crippen LogP contribution in [-0.4, -0.2) is 11.5 Å². The molecule has 0 radical (unpaired) electrons. The van der Waals surface area contributed by atoms with Gasteiger partial charge in [-0.2, -0.15) is 0 Å². The smallest absolute Gasteiger partial charge is 0.186 e. The van der Waals surface area contributed by atoms with Crippen molar-refractivity contribution in [3.8, 4) is 0 Å². The summed E-state index contributed by atoms with van der Waals surface area (Å²) in [7, 11) is 0. The molecule has 0 aromatic heterocycles. The van der Waals surface area contributed by atoms with Crippen LogP contribution in [0.3, 0.4) is 0 Å². The molecule has 1 unspecified atom stereocenters. The molecule has 0 rings (SSSR count). The Morgan fingerprint density at radius 3 is 2.19 bits per heavy atom. The van der Waals surface area contributed by atoms with Gasteiger partial charge in [0, 0.05) is 5.54 Å². The van der Waals surface area contributed by atoms with Crippen LogP contribution in [0.5, 0.6) is 0 Å². The number of hydrogen-bond donors (Lipinski definition) is 3. The second kappa shape index (κ2) is 5.55. The first-order valence-electron chi connectivity index (χ1n) is 6.27. The number of nitrogens with one attached hydrogen (secondary N) is 2. The van der Waals surface area contributed by atoms with Crippen molar-refractivity contribution in [2.24, 2.45) is 17.1 Å². The van der Waals surface area contributed by atoms with E-state index in [0.717, 1.165) is 0 Å². The van der Waals surface area contributed by atoms with Crippen LogP contribution in [0.4, 0.5) is 0 Å². The lowest BCUT2D eigenvalue weighted by molar-refractivity contribution is 0.0952. The fraction of sp³-hybridized carbons (Fsp3) is 0.923. The highest BCUT2D eigenvalue weighted by Crippen LogP contribution is 2.40. The largest absolute Gasteiger partial charge is 0.370 e. The third kappa shape index (κ3) is 3.69. The fourth-order valence-corrected chi connectivity index (χ4v) is 1.98. The Labute approximate surface area is 101 Å². The van der Waals surface area contributed by atoms with Gasteiger partial charge in [-0.15, -0.1) is 0 Å². The van der Waals surface area contributed by atoms with Gasteiger partial charge in [-0.1, -0.05) is 47.0 Å². The molecule has 3 heteroatoms. The molecule has 0 saturated carbocycles. The normalized spacial score (nSPS) is 14.6. The lowest BCUT2D eigenvalue weighted by atomic mass is 9.65. The first-order valence-corrected chi connectivity index (χ1v) is 6.27. The minimum atomic E-state index is -0.161. The SMILES string of the molecule is CCCCC(C)C(C)(C)C(C)(C)NC(=N)N. The summed E-state index contributed by atoms with van der Waals surface area (Å²) in [4.78, 5) is 0. The van der Waals surface area contributed by atoms with E-state index >= 15 is 0 Å². The highest BCUT2D eigenvalue weighted by Gasteiger charge is 2.40. The summed E-state index contributed by atoms with van der Waals surface area (Å²) in [5.74, 6) is 0.662. The zero-order valence-corrected chi connectivity index (χ0v) is 11.8. The molecule has 0 fully saturated rings. The number of guanidine groups is 1. The summed E-state index contributed by atoms with van der Waals surface area (Å²) in [6, 6.07) is 0. The minimum absolute atomic E-state index is 0.0563. The van der Waals surface area contributed by atoms with Crippen LogP contribution in [0, 0.1) is 16.7 Å². The number of hydrogen-bond acceptors (Lipinski definition) is 1. The van der Waals surface area contributed by atoms with Crippen molar-refractivity contribution < 1.29 is 0 Å². The molecule has 0 aliphatic carbocycles. The zero-order valence-electron chi connectivity index (χ0n) is 11.8. The maximum absolute atomic E-state index is 7.38. The maximum Gasteiger partial charge on any atom is 0.186 e. The Morgan fingerprint density at radius 2 is 1.81 bits per heavy atom. The molecule has 0 aliphatic rings. The first-order chi connectivity index (χ1) is 7.15. The molecule has 0 aromatic rings. The molecule has 16 heavy (non-hydrogen) atoms. The molecule has 0 amide bonds. The van der Waals surface area contributed by atoms with Crippen LogP contribution in [-0.2, 0) is 0 Å². The lowest BCUT2D eigenvalue weighted by Crippen LogP contribution is -2.57. The highest BCUT2D eigenvalue weighted by atomic mass is 15.1. The van der Waals surface area contributed by atoms with Crippen molar-refractivity contribution in [3.05, 3.63) is 0 Å². The average molecular weight is 227 g/mol. The summed E-state index contributed by atoms with van der Waals surface area (Å²) in [6.45, 7) is 13.3. The molecule has 0 bridgehead atoms. The first kappa shape index (κ1) is 15.3. The third-order valence-electron chi connectivity index (χ3n) is 4.28. The molecule has 1 atom stereocenters. The van der Waals surface area contributed by atoms with Gasteiger partial charge in [-0.05, 0) is 25.2 Å². The summed E-state index contributed by atoms with van der Waals surface area (Å²) in [6.07, 6.45) is 3.73. The van der Waals surface area contributed by atoms with Gasteiger partial charge in [0.15, 0.2) is 5.96 Å². The standard InChI is InChI=1S/C13H29N3/c1-7-8-9-10(2)12(3,4)13(5,6)16-11(14)15/h10H,7-9H2,1-6H3,(H4,14,15,16). The van der Waals surface area contributed by atoms with E-state index in [-0.39, 0.29) is 16.9 Å². The van der Waals surface area contributed by atoms with Gasteiger partial charge in [-0.25, -0.2) is 0 Å². The van der Waals surface area contributed by atoms with Gasteiger partial charge < -0.3 is 11.1 Å². The van der Waals surface area contributed by atoms with Crippen molar-refractivity contribution in [3.63, 3.8) is 0 Å². The second-order valence-corrected chi connectivity index (χ2v) is 5.93. The van der Waals surface area contributed by atoms with E-state index in [1.165, 1.54) is 19.3 Å². The second-order valence-electron chi connectivity index (χ2n) is 5.93. The quantitative estimate of drug-likeness (QED) is 0.482. The molecule has 0 aliphatic heterocycles. The Morgan fingerprint density at radius 1 is 1.31 bits per heavy atom. The van der Waals surface area contributed by atoms with Gasteiger partial charge in [0.2, 0.25) is 0 Å². The molecular formula is C13H29N3. The van der Waals surface area contributed by atoms with Crippen molar-refractivity contribution in [2.45, 2.75) is 66.3 Å². The molecular weight excluding hydrogens is 198 g/mol. The van der Waals surface area contributed by atoms with Crippen LogP contribution < -0.4 is 11.1 Å². The predicted molar refractivity (Wildman–Crippen MR) is 71.6 cm³/mol.